The Morgan fingerprint density at radius 2 is 1.96 bits per heavy atom. The van der Waals surface area contributed by atoms with E-state index < -0.39 is 0 Å². The van der Waals surface area contributed by atoms with E-state index in [4.69, 9.17) is 4.42 Å². The van der Waals surface area contributed by atoms with Gasteiger partial charge in [0.1, 0.15) is 5.75 Å². The van der Waals surface area contributed by atoms with Gasteiger partial charge in [-0.3, -0.25) is 4.79 Å². The van der Waals surface area contributed by atoms with Crippen molar-refractivity contribution in [2.24, 2.45) is 0 Å². The van der Waals surface area contributed by atoms with E-state index in [-0.39, 0.29) is 17.4 Å². The van der Waals surface area contributed by atoms with Crippen LogP contribution in [0.4, 0.5) is 5.69 Å². The van der Waals surface area contributed by atoms with Gasteiger partial charge in [0.2, 0.25) is 11.8 Å². The zero-order valence-corrected chi connectivity index (χ0v) is 14.1. The van der Waals surface area contributed by atoms with Crippen LogP contribution in [0.5, 0.6) is 5.75 Å². The number of aromatic hydroxyl groups is 1. The number of thioether (sulfide) groups is 1. The number of phenols is 1. The smallest absolute Gasteiger partial charge is 0.277 e. The van der Waals surface area contributed by atoms with Crippen molar-refractivity contribution < 1.29 is 14.3 Å². The van der Waals surface area contributed by atoms with Crippen molar-refractivity contribution >= 4 is 23.4 Å². The zero-order chi connectivity index (χ0) is 17.2. The summed E-state index contributed by atoms with van der Waals surface area (Å²) >= 11 is 1.23. The van der Waals surface area contributed by atoms with Crippen LogP contribution in [-0.4, -0.2) is 33.5 Å². The molecule has 1 amide bonds. The first-order valence-corrected chi connectivity index (χ1v) is 8.83. The first-order valence-electron chi connectivity index (χ1n) is 7.85. The lowest BCUT2D eigenvalue weighted by Crippen LogP contribution is -2.30. The lowest BCUT2D eigenvalue weighted by atomic mass is 10.2. The Morgan fingerprint density at radius 1 is 1.16 bits per heavy atom. The third-order valence-corrected chi connectivity index (χ3v) is 4.83. The fourth-order valence-corrected chi connectivity index (χ4v) is 3.43. The minimum absolute atomic E-state index is 0.0272. The standard InChI is InChI=1S/C18H15N3O3S/c22-14-7-5-13(6-8-14)17-19-20-18(24-17)25-11-16(23)21-10-9-12-3-1-2-4-15(12)21/h1-8,22H,9-11H2. The Hall–Kier alpha value is -2.80. The predicted octanol–water partition coefficient (Wildman–Crippen LogP) is 3.12. The fourth-order valence-electron chi connectivity index (χ4n) is 2.79. The summed E-state index contributed by atoms with van der Waals surface area (Å²) < 4.78 is 5.58. The van der Waals surface area contributed by atoms with Crippen LogP contribution in [0.25, 0.3) is 11.5 Å². The molecule has 1 aliphatic rings. The predicted molar refractivity (Wildman–Crippen MR) is 94.6 cm³/mol. The quantitative estimate of drug-likeness (QED) is 0.726. The second kappa shape index (κ2) is 6.60. The number of carbonyl (C=O) groups is 1. The zero-order valence-electron chi connectivity index (χ0n) is 13.3. The van der Waals surface area contributed by atoms with E-state index in [1.165, 1.54) is 17.3 Å². The molecule has 0 bridgehead atoms. The molecule has 0 aliphatic carbocycles. The lowest BCUT2D eigenvalue weighted by molar-refractivity contribution is -0.116. The second-order valence-corrected chi connectivity index (χ2v) is 6.56. The van der Waals surface area contributed by atoms with E-state index in [9.17, 15) is 9.90 Å². The van der Waals surface area contributed by atoms with Gasteiger partial charge >= 0.3 is 0 Å². The SMILES string of the molecule is O=C(CSc1nnc(-c2ccc(O)cc2)o1)N1CCc2ccccc21. The van der Waals surface area contributed by atoms with Crippen molar-refractivity contribution in [1.29, 1.82) is 0 Å². The highest BCUT2D eigenvalue weighted by Gasteiger charge is 2.24. The van der Waals surface area contributed by atoms with Crippen LogP contribution in [0.1, 0.15) is 5.56 Å². The summed E-state index contributed by atoms with van der Waals surface area (Å²) in [5.74, 6) is 0.807. The summed E-state index contributed by atoms with van der Waals surface area (Å²) in [6.45, 7) is 0.710. The normalized spacial score (nSPS) is 13.0. The van der Waals surface area contributed by atoms with Crippen molar-refractivity contribution in [3.05, 3.63) is 54.1 Å². The molecule has 1 aromatic heterocycles. The number of anilines is 1. The molecule has 126 valence electrons. The van der Waals surface area contributed by atoms with Crippen LogP contribution in [0.3, 0.4) is 0 Å². The van der Waals surface area contributed by atoms with Crippen molar-refractivity contribution in [2.45, 2.75) is 11.6 Å². The van der Waals surface area contributed by atoms with Crippen molar-refractivity contribution in [2.75, 3.05) is 17.2 Å². The number of para-hydroxylation sites is 1. The van der Waals surface area contributed by atoms with Gasteiger partial charge in [-0.15, -0.1) is 10.2 Å². The van der Waals surface area contributed by atoms with E-state index in [2.05, 4.69) is 16.3 Å². The number of rotatable bonds is 4. The Kier molecular flexibility index (Phi) is 4.15. The first kappa shape index (κ1) is 15.7. The van der Waals surface area contributed by atoms with Gasteiger partial charge in [0, 0.05) is 17.8 Å². The Bertz CT molecular complexity index is 908. The highest BCUT2D eigenvalue weighted by atomic mass is 32.2. The van der Waals surface area contributed by atoms with Crippen LogP contribution in [0.2, 0.25) is 0 Å². The molecule has 0 saturated heterocycles. The third-order valence-electron chi connectivity index (χ3n) is 4.03. The maximum Gasteiger partial charge on any atom is 0.277 e. The molecule has 1 N–H and O–H groups in total. The summed E-state index contributed by atoms with van der Waals surface area (Å²) in [6.07, 6.45) is 0.887. The van der Waals surface area contributed by atoms with Crippen molar-refractivity contribution in [3.8, 4) is 17.2 Å². The van der Waals surface area contributed by atoms with Gasteiger partial charge in [-0.25, -0.2) is 0 Å². The number of aromatic nitrogens is 2. The van der Waals surface area contributed by atoms with Crippen molar-refractivity contribution in [3.63, 3.8) is 0 Å². The largest absolute Gasteiger partial charge is 0.508 e. The second-order valence-electron chi connectivity index (χ2n) is 5.63. The van der Waals surface area contributed by atoms with Crippen LogP contribution in [0, 0.1) is 0 Å². The van der Waals surface area contributed by atoms with Gasteiger partial charge in [0.05, 0.1) is 5.75 Å². The number of fused-ring (bicyclic) bond motifs is 1. The number of benzene rings is 2. The summed E-state index contributed by atoms with van der Waals surface area (Å²) in [7, 11) is 0. The average Bonchev–Trinajstić information content (AvgIpc) is 3.27. The number of carbonyl (C=O) groups excluding carboxylic acids is 1. The van der Waals surface area contributed by atoms with Gasteiger partial charge in [-0.05, 0) is 42.3 Å². The van der Waals surface area contributed by atoms with E-state index in [0.717, 1.165) is 17.7 Å². The van der Waals surface area contributed by atoms with Crippen LogP contribution in [0.15, 0.2) is 58.2 Å². The molecule has 6 nitrogen and oxygen atoms in total. The molecular weight excluding hydrogens is 338 g/mol. The topological polar surface area (TPSA) is 79.5 Å². The van der Waals surface area contributed by atoms with E-state index in [0.29, 0.717) is 17.7 Å². The van der Waals surface area contributed by atoms with Gasteiger partial charge in [0.15, 0.2) is 0 Å². The summed E-state index contributed by atoms with van der Waals surface area (Å²) in [5.41, 5.74) is 2.91. The minimum Gasteiger partial charge on any atom is -0.508 e. The molecule has 2 heterocycles. The van der Waals surface area contributed by atoms with E-state index >= 15 is 0 Å². The minimum atomic E-state index is 0.0272. The summed E-state index contributed by atoms with van der Waals surface area (Å²) in [6, 6.07) is 14.5. The molecule has 7 heteroatoms. The number of hydrogen-bond acceptors (Lipinski definition) is 6. The fraction of sp³-hybridized carbons (Fsp3) is 0.167. The number of amides is 1. The highest BCUT2D eigenvalue weighted by molar-refractivity contribution is 7.99. The Labute approximate surface area is 148 Å². The van der Waals surface area contributed by atoms with Gasteiger partial charge < -0.3 is 14.4 Å². The summed E-state index contributed by atoms with van der Waals surface area (Å²) in [5, 5.41) is 17.6. The van der Waals surface area contributed by atoms with Gasteiger partial charge in [-0.2, -0.15) is 0 Å². The maximum absolute atomic E-state index is 12.5. The molecule has 3 aromatic rings. The lowest BCUT2D eigenvalue weighted by Gasteiger charge is -2.16. The van der Waals surface area contributed by atoms with Crippen molar-refractivity contribution in [1.82, 2.24) is 10.2 Å². The Morgan fingerprint density at radius 3 is 2.80 bits per heavy atom. The molecule has 4 rings (SSSR count). The van der Waals surface area contributed by atoms with Gasteiger partial charge in [0.25, 0.3) is 5.22 Å². The van der Waals surface area contributed by atoms with Crippen LogP contribution in [-0.2, 0) is 11.2 Å². The molecule has 0 atom stereocenters. The highest BCUT2D eigenvalue weighted by Crippen LogP contribution is 2.29. The molecule has 0 radical (unpaired) electrons. The third kappa shape index (κ3) is 3.23. The van der Waals surface area contributed by atoms with Crippen LogP contribution >= 0.6 is 11.8 Å². The Balaban J connectivity index is 1.41. The molecule has 2 aromatic carbocycles. The molecule has 25 heavy (non-hydrogen) atoms. The van der Waals surface area contributed by atoms with Crippen LogP contribution < -0.4 is 4.90 Å². The molecule has 0 spiro atoms. The van der Waals surface area contributed by atoms with Gasteiger partial charge in [-0.1, -0.05) is 30.0 Å². The van der Waals surface area contributed by atoms with E-state index in [1.54, 1.807) is 29.2 Å². The molecule has 0 saturated carbocycles. The number of hydrogen-bond donors (Lipinski definition) is 1. The monoisotopic (exact) mass is 353 g/mol. The first-order chi connectivity index (χ1) is 12.2. The average molecular weight is 353 g/mol. The molecular formula is C18H15N3O3S. The van der Waals surface area contributed by atoms with E-state index in [1.807, 2.05) is 18.2 Å². The summed E-state index contributed by atoms with van der Waals surface area (Å²) in [4.78, 5) is 14.3. The number of phenolic OH excluding ortho intramolecular Hbond substituents is 1. The maximum atomic E-state index is 12.5. The molecule has 1 aliphatic heterocycles. The molecule has 0 fully saturated rings. The number of nitrogens with zero attached hydrogens (tertiary/aromatic N) is 3. The molecule has 0 unspecified atom stereocenters.